The molecule has 1 aromatic rings. The summed E-state index contributed by atoms with van der Waals surface area (Å²) in [5.74, 6) is 0. The van der Waals surface area contributed by atoms with E-state index in [1.807, 2.05) is 37.2 Å². The van der Waals surface area contributed by atoms with Gasteiger partial charge in [-0.2, -0.15) is 0 Å². The highest BCUT2D eigenvalue weighted by atomic mass is 35.5. The summed E-state index contributed by atoms with van der Waals surface area (Å²) in [5, 5.41) is 0. The molecule has 1 rings (SSSR count). The van der Waals surface area contributed by atoms with Crippen LogP contribution in [-0.4, -0.2) is 23.8 Å². The van der Waals surface area contributed by atoms with Crippen LogP contribution in [0.15, 0.2) is 35.2 Å². The van der Waals surface area contributed by atoms with Crippen molar-refractivity contribution in [2.75, 3.05) is 14.1 Å². The second-order valence-corrected chi connectivity index (χ2v) is 4.51. The van der Waals surface area contributed by atoms with E-state index in [0.29, 0.717) is 0 Å². The van der Waals surface area contributed by atoms with Crippen LogP contribution in [0.5, 0.6) is 0 Å². The molecule has 1 unspecified atom stereocenters. The fraction of sp³-hybridized carbons (Fsp3) is 0.333. The zero-order valence-electron chi connectivity index (χ0n) is 7.20. The molecule has 0 bridgehead atoms. The molecule has 0 aliphatic carbocycles. The molecule has 1 atom stereocenters. The summed E-state index contributed by atoms with van der Waals surface area (Å²) < 4.78 is 0. The number of alkyl halides is 1. The van der Waals surface area contributed by atoms with Crippen molar-refractivity contribution in [2.45, 2.75) is 9.73 Å². The van der Waals surface area contributed by atoms with Crippen molar-refractivity contribution in [2.24, 2.45) is 0 Å². The lowest BCUT2D eigenvalue weighted by atomic mass is 10.4. The minimum Gasteiger partial charge on any atom is -0.285 e. The first-order chi connectivity index (χ1) is 5.70. The monoisotopic (exact) mass is 201 g/mol. The fourth-order valence-electron chi connectivity index (χ4n) is 0.717. The van der Waals surface area contributed by atoms with Gasteiger partial charge in [-0.25, -0.2) is 0 Å². The molecule has 0 fully saturated rings. The Morgan fingerprint density at radius 1 is 1.25 bits per heavy atom. The molecule has 0 heterocycles. The van der Waals surface area contributed by atoms with Gasteiger partial charge in [-0.15, -0.1) is 0 Å². The third kappa shape index (κ3) is 3.05. The molecular weight excluding hydrogens is 190 g/mol. The number of benzene rings is 1. The highest BCUT2D eigenvalue weighted by molar-refractivity contribution is 8.01. The van der Waals surface area contributed by atoms with Crippen molar-refractivity contribution < 1.29 is 0 Å². The van der Waals surface area contributed by atoms with Crippen molar-refractivity contribution in [1.29, 1.82) is 0 Å². The van der Waals surface area contributed by atoms with Crippen molar-refractivity contribution in [3.05, 3.63) is 30.3 Å². The van der Waals surface area contributed by atoms with Crippen LogP contribution in [0.4, 0.5) is 0 Å². The highest BCUT2D eigenvalue weighted by Crippen LogP contribution is 2.26. The molecule has 66 valence electrons. The van der Waals surface area contributed by atoms with E-state index < -0.39 is 0 Å². The lowest BCUT2D eigenvalue weighted by Crippen LogP contribution is -2.18. The summed E-state index contributed by atoms with van der Waals surface area (Å²) in [6.07, 6.45) is 0. The van der Waals surface area contributed by atoms with Gasteiger partial charge in [-0.1, -0.05) is 41.6 Å². The first-order valence-corrected chi connectivity index (χ1v) is 5.04. The molecule has 0 radical (unpaired) electrons. The third-order valence-corrected chi connectivity index (χ3v) is 3.20. The summed E-state index contributed by atoms with van der Waals surface area (Å²) in [4.78, 5) is 3.18. The van der Waals surface area contributed by atoms with E-state index in [-0.39, 0.29) is 4.83 Å². The zero-order chi connectivity index (χ0) is 8.97. The molecular formula is C9H12ClNS. The first kappa shape index (κ1) is 9.90. The Hall–Kier alpha value is -0.180. The van der Waals surface area contributed by atoms with E-state index in [2.05, 4.69) is 12.1 Å². The van der Waals surface area contributed by atoms with Crippen LogP contribution in [0.25, 0.3) is 0 Å². The lowest BCUT2D eigenvalue weighted by molar-refractivity contribution is 0.454. The predicted molar refractivity (Wildman–Crippen MR) is 55.6 cm³/mol. The molecule has 0 aliphatic rings. The Bertz CT molecular complexity index is 225. The Morgan fingerprint density at radius 2 is 1.83 bits per heavy atom. The van der Waals surface area contributed by atoms with Gasteiger partial charge in [0.1, 0.15) is 4.83 Å². The Kier molecular flexibility index (Phi) is 3.92. The van der Waals surface area contributed by atoms with Gasteiger partial charge in [-0.3, -0.25) is 4.90 Å². The van der Waals surface area contributed by atoms with Crippen LogP contribution in [0.3, 0.4) is 0 Å². The van der Waals surface area contributed by atoms with E-state index >= 15 is 0 Å². The van der Waals surface area contributed by atoms with Gasteiger partial charge in [0.05, 0.1) is 0 Å². The van der Waals surface area contributed by atoms with Crippen molar-refractivity contribution in [1.82, 2.24) is 4.90 Å². The topological polar surface area (TPSA) is 3.24 Å². The zero-order valence-corrected chi connectivity index (χ0v) is 8.77. The number of thioether (sulfide) groups is 1. The molecule has 12 heavy (non-hydrogen) atoms. The molecule has 0 aromatic heterocycles. The average molecular weight is 202 g/mol. The van der Waals surface area contributed by atoms with E-state index in [0.717, 1.165) is 0 Å². The number of nitrogens with zero attached hydrogens (tertiary/aromatic N) is 1. The van der Waals surface area contributed by atoms with Crippen molar-refractivity contribution >= 4 is 23.4 Å². The fourth-order valence-corrected chi connectivity index (χ4v) is 1.78. The number of rotatable bonds is 3. The van der Waals surface area contributed by atoms with Crippen molar-refractivity contribution in [3.63, 3.8) is 0 Å². The molecule has 0 N–H and O–H groups in total. The van der Waals surface area contributed by atoms with Crippen LogP contribution in [0.2, 0.25) is 0 Å². The Morgan fingerprint density at radius 3 is 2.33 bits per heavy atom. The molecule has 0 amide bonds. The molecule has 0 spiro atoms. The van der Waals surface area contributed by atoms with Gasteiger partial charge in [0.2, 0.25) is 0 Å². The van der Waals surface area contributed by atoms with E-state index in [1.54, 1.807) is 11.8 Å². The lowest BCUT2D eigenvalue weighted by Gasteiger charge is -2.16. The summed E-state index contributed by atoms with van der Waals surface area (Å²) in [6.45, 7) is 0. The van der Waals surface area contributed by atoms with Gasteiger partial charge < -0.3 is 0 Å². The van der Waals surface area contributed by atoms with Crippen molar-refractivity contribution in [3.8, 4) is 0 Å². The van der Waals surface area contributed by atoms with E-state index in [9.17, 15) is 0 Å². The molecule has 0 saturated heterocycles. The summed E-state index contributed by atoms with van der Waals surface area (Å²) in [6, 6.07) is 10.2. The van der Waals surface area contributed by atoms with Crippen LogP contribution in [-0.2, 0) is 0 Å². The molecule has 0 saturated carbocycles. The summed E-state index contributed by atoms with van der Waals surface area (Å²) in [5.41, 5.74) is 0. The van der Waals surface area contributed by atoms with Crippen LogP contribution in [0, 0.1) is 0 Å². The Balaban J connectivity index is 2.53. The quantitative estimate of drug-likeness (QED) is 0.320. The number of hydrogen-bond donors (Lipinski definition) is 0. The van der Waals surface area contributed by atoms with Crippen LogP contribution in [0.1, 0.15) is 0 Å². The Labute approximate surface area is 82.7 Å². The first-order valence-electron chi connectivity index (χ1n) is 3.72. The molecule has 0 aliphatic heterocycles. The van der Waals surface area contributed by atoms with E-state index in [1.165, 1.54) is 4.90 Å². The molecule has 3 heteroatoms. The smallest absolute Gasteiger partial charge is 0.136 e. The maximum absolute atomic E-state index is 6.04. The SMILES string of the molecule is CN(C)C(Cl)Sc1ccccc1. The van der Waals surface area contributed by atoms with Gasteiger partial charge in [-0.05, 0) is 26.2 Å². The second kappa shape index (κ2) is 4.75. The second-order valence-electron chi connectivity index (χ2n) is 2.69. The summed E-state index contributed by atoms with van der Waals surface area (Å²) >= 11 is 7.68. The van der Waals surface area contributed by atoms with Crippen LogP contribution >= 0.6 is 23.4 Å². The molecule has 1 nitrogen and oxygen atoms in total. The minimum atomic E-state index is 0.00685. The molecule has 1 aromatic carbocycles. The standard InChI is InChI=1S/C9H12ClNS/c1-11(2)9(10)12-8-6-4-3-5-7-8/h3-7,9H,1-2H3. The summed E-state index contributed by atoms with van der Waals surface area (Å²) in [7, 11) is 3.93. The van der Waals surface area contributed by atoms with Gasteiger partial charge in [0.15, 0.2) is 0 Å². The van der Waals surface area contributed by atoms with Crippen LogP contribution < -0.4 is 0 Å². The number of hydrogen-bond acceptors (Lipinski definition) is 2. The maximum Gasteiger partial charge on any atom is 0.136 e. The average Bonchev–Trinajstić information content (AvgIpc) is 2.06. The third-order valence-electron chi connectivity index (χ3n) is 1.38. The maximum atomic E-state index is 6.04. The van der Waals surface area contributed by atoms with Gasteiger partial charge >= 0.3 is 0 Å². The highest BCUT2D eigenvalue weighted by Gasteiger charge is 2.07. The van der Waals surface area contributed by atoms with Gasteiger partial charge in [0, 0.05) is 4.90 Å². The normalized spacial score (nSPS) is 13.3. The predicted octanol–water partition coefficient (Wildman–Crippen LogP) is 2.86. The largest absolute Gasteiger partial charge is 0.285 e. The van der Waals surface area contributed by atoms with E-state index in [4.69, 9.17) is 11.6 Å². The minimum absolute atomic E-state index is 0.00685. The van der Waals surface area contributed by atoms with Gasteiger partial charge in [0.25, 0.3) is 0 Å². The number of halogens is 1.